The maximum Gasteiger partial charge on any atom is 0.136 e. The first kappa shape index (κ1) is 32.7. The minimum absolute atomic E-state index is 0.667. The Bertz CT molecular complexity index is 1430. The minimum atomic E-state index is -1.57. The molecule has 0 spiro atoms. The van der Waals surface area contributed by atoms with Gasteiger partial charge < -0.3 is 9.47 Å². The monoisotopic (exact) mass is 574 g/mol. The fraction of sp³-hybridized carbons (Fsp3) is 0.385. The zero-order valence-electron chi connectivity index (χ0n) is 26.2. The lowest BCUT2D eigenvalue weighted by Gasteiger charge is -2.14. The molecule has 0 unspecified atom stereocenters. The second-order valence-electron chi connectivity index (χ2n) is 11.7. The van der Waals surface area contributed by atoms with Gasteiger partial charge in [-0.25, -0.2) is 0 Å². The molecule has 0 fully saturated rings. The Labute approximate surface area is 256 Å². The van der Waals surface area contributed by atoms with Crippen molar-refractivity contribution in [2.75, 3.05) is 13.2 Å². The van der Waals surface area contributed by atoms with E-state index in [1.165, 1.54) is 32.1 Å². The largest absolute Gasteiger partial charge is 0.492 e. The van der Waals surface area contributed by atoms with Gasteiger partial charge in [0, 0.05) is 23.3 Å². The fourth-order valence-electron chi connectivity index (χ4n) is 4.32. The van der Waals surface area contributed by atoms with Crippen LogP contribution in [0.5, 0.6) is 11.5 Å². The number of hydrogen-bond acceptors (Lipinski definition) is 2. The van der Waals surface area contributed by atoms with Gasteiger partial charge in [-0.05, 0) is 48.2 Å². The van der Waals surface area contributed by atoms with E-state index >= 15 is 0 Å². The molecule has 0 aliphatic heterocycles. The fourth-order valence-corrected chi connectivity index (χ4v) is 4.83. The Morgan fingerprint density at radius 1 is 0.595 bits per heavy atom. The van der Waals surface area contributed by atoms with Crippen LogP contribution in [0.25, 0.3) is 11.1 Å². The van der Waals surface area contributed by atoms with E-state index in [-0.39, 0.29) is 0 Å². The van der Waals surface area contributed by atoms with Crippen LogP contribution in [-0.2, 0) is 0 Å². The third-order valence-electron chi connectivity index (χ3n) is 6.78. The lowest BCUT2D eigenvalue weighted by Crippen LogP contribution is -2.16. The average molecular weight is 575 g/mol. The number of rotatable bonds is 13. The normalized spacial score (nSPS) is 10.6. The Kier molecular flexibility index (Phi) is 13.4. The van der Waals surface area contributed by atoms with Gasteiger partial charge in [-0.15, -0.1) is 12.0 Å². The van der Waals surface area contributed by atoms with Crippen LogP contribution in [0, 0.1) is 35.6 Å². The van der Waals surface area contributed by atoms with E-state index in [1.54, 1.807) is 0 Å². The molecule has 0 aliphatic rings. The molecule has 0 N–H and O–H groups in total. The van der Waals surface area contributed by atoms with Gasteiger partial charge in [0.25, 0.3) is 0 Å². The van der Waals surface area contributed by atoms with Gasteiger partial charge >= 0.3 is 0 Å². The van der Waals surface area contributed by atoms with E-state index in [2.05, 4.69) is 99.1 Å². The summed E-state index contributed by atoms with van der Waals surface area (Å²) in [7, 11) is -1.57. The molecule has 0 aromatic heterocycles. The lowest BCUT2D eigenvalue weighted by molar-refractivity contribution is 0.295. The van der Waals surface area contributed by atoms with Gasteiger partial charge in [0.05, 0.1) is 24.3 Å². The van der Waals surface area contributed by atoms with Gasteiger partial charge in [0.1, 0.15) is 19.6 Å². The zero-order chi connectivity index (χ0) is 30.2. The van der Waals surface area contributed by atoms with Crippen LogP contribution in [-0.4, -0.2) is 21.3 Å². The summed E-state index contributed by atoms with van der Waals surface area (Å²) in [4.78, 5) is 0. The summed E-state index contributed by atoms with van der Waals surface area (Å²) >= 11 is 0. The third-order valence-corrected chi connectivity index (χ3v) is 7.65. The summed E-state index contributed by atoms with van der Waals surface area (Å²) in [6.07, 6.45) is 14.7. The number of unbranched alkanes of at least 4 members (excludes halogenated alkanes) is 6. The van der Waals surface area contributed by atoms with Gasteiger partial charge in [-0.2, -0.15) is 0 Å². The highest BCUT2D eigenvalue weighted by Gasteiger charge is 2.13. The smallest absolute Gasteiger partial charge is 0.136 e. The maximum absolute atomic E-state index is 6.32. The molecule has 0 amide bonds. The molecule has 0 atom stereocenters. The molecular formula is C39H46O2Si. The molecule has 2 nitrogen and oxygen atoms in total. The van der Waals surface area contributed by atoms with Crippen LogP contribution >= 0.6 is 0 Å². The summed E-state index contributed by atoms with van der Waals surface area (Å²) in [5.41, 5.74) is 9.32. The molecule has 3 aromatic carbocycles. The average Bonchev–Trinajstić information content (AvgIpc) is 2.99. The van der Waals surface area contributed by atoms with Crippen LogP contribution < -0.4 is 9.47 Å². The van der Waals surface area contributed by atoms with Crippen molar-refractivity contribution in [3.63, 3.8) is 0 Å². The molecule has 0 saturated heterocycles. The topological polar surface area (TPSA) is 18.5 Å². The molecule has 3 rings (SSSR count). The van der Waals surface area contributed by atoms with Crippen molar-refractivity contribution in [2.24, 2.45) is 0 Å². The number of hydrogen-bond donors (Lipinski definition) is 0. The first-order valence-electron chi connectivity index (χ1n) is 15.5. The van der Waals surface area contributed by atoms with E-state index in [9.17, 15) is 0 Å². The second-order valence-corrected chi connectivity index (χ2v) is 16.5. The van der Waals surface area contributed by atoms with Crippen molar-refractivity contribution in [1.29, 1.82) is 0 Å². The molecule has 0 aliphatic carbocycles. The summed E-state index contributed by atoms with van der Waals surface area (Å²) in [5, 5.41) is 0. The summed E-state index contributed by atoms with van der Waals surface area (Å²) in [5.74, 6) is 14.4. The third kappa shape index (κ3) is 11.2. The van der Waals surface area contributed by atoms with Gasteiger partial charge in [0.2, 0.25) is 0 Å². The van der Waals surface area contributed by atoms with E-state index in [1.807, 2.05) is 24.3 Å². The standard InChI is InChI=1S/C39H46O2Si/c1-7-10-12-14-27-40-38-31-37(26-29-42(4,5)6)39(41-28-15-13-11-8-2)30-36(38)25-20-33-18-23-35(24-19-33)34-21-16-32(9-3)17-22-34/h3,16-19,21-24,30-31H,7-8,10-15,27-28H2,1-2,4-6H3. The zero-order valence-corrected chi connectivity index (χ0v) is 27.2. The predicted octanol–water partition coefficient (Wildman–Crippen LogP) is 9.88. The number of benzene rings is 3. The van der Waals surface area contributed by atoms with Crippen molar-refractivity contribution in [2.45, 2.75) is 84.9 Å². The lowest BCUT2D eigenvalue weighted by atomic mass is 10.0. The number of terminal acetylenes is 1. The van der Waals surface area contributed by atoms with E-state index in [0.717, 1.165) is 64.1 Å². The molecule has 218 valence electrons. The molecule has 0 bridgehead atoms. The molecule has 0 radical (unpaired) electrons. The van der Waals surface area contributed by atoms with Crippen molar-refractivity contribution in [3.05, 3.63) is 82.9 Å². The first-order valence-corrected chi connectivity index (χ1v) is 19.0. The van der Waals surface area contributed by atoms with Crippen LogP contribution in [0.4, 0.5) is 0 Å². The van der Waals surface area contributed by atoms with E-state index in [0.29, 0.717) is 13.2 Å². The first-order chi connectivity index (χ1) is 20.3. The second kappa shape index (κ2) is 17.2. The predicted molar refractivity (Wildman–Crippen MR) is 182 cm³/mol. The summed E-state index contributed by atoms with van der Waals surface area (Å²) in [6, 6.07) is 20.4. The molecule has 42 heavy (non-hydrogen) atoms. The quantitative estimate of drug-likeness (QED) is 0.115. The molecular weight excluding hydrogens is 529 g/mol. The number of ether oxygens (including phenoxy) is 2. The highest BCUT2D eigenvalue weighted by atomic mass is 28.3. The van der Waals surface area contributed by atoms with E-state index in [4.69, 9.17) is 15.9 Å². The van der Waals surface area contributed by atoms with Crippen molar-refractivity contribution in [3.8, 4) is 58.3 Å². The van der Waals surface area contributed by atoms with Crippen LogP contribution in [0.15, 0.2) is 60.7 Å². The van der Waals surface area contributed by atoms with Gasteiger partial charge in [-0.1, -0.05) is 120 Å². The highest BCUT2D eigenvalue weighted by molar-refractivity contribution is 6.83. The molecule has 0 saturated carbocycles. The Morgan fingerprint density at radius 2 is 1.07 bits per heavy atom. The van der Waals surface area contributed by atoms with Gasteiger partial charge in [0.15, 0.2) is 0 Å². The Hall–Kier alpha value is -3.84. The Morgan fingerprint density at radius 3 is 1.52 bits per heavy atom. The van der Waals surface area contributed by atoms with Crippen molar-refractivity contribution in [1.82, 2.24) is 0 Å². The highest BCUT2D eigenvalue weighted by Crippen LogP contribution is 2.29. The summed E-state index contributed by atoms with van der Waals surface area (Å²) in [6.45, 7) is 12.6. The summed E-state index contributed by atoms with van der Waals surface area (Å²) < 4.78 is 12.6. The van der Waals surface area contributed by atoms with E-state index < -0.39 is 8.07 Å². The molecule has 0 heterocycles. The van der Waals surface area contributed by atoms with Crippen molar-refractivity contribution < 1.29 is 9.47 Å². The SMILES string of the molecule is C#Cc1ccc(-c2ccc(C#Cc3cc(OCCCCCC)c(C#C[Si](C)(C)C)cc3OCCCCCC)cc2)cc1. The maximum atomic E-state index is 6.32. The molecule has 3 heteroatoms. The minimum Gasteiger partial charge on any atom is -0.492 e. The van der Waals surface area contributed by atoms with Crippen LogP contribution in [0.3, 0.4) is 0 Å². The molecule has 3 aromatic rings. The van der Waals surface area contributed by atoms with Crippen molar-refractivity contribution >= 4 is 8.07 Å². The van der Waals surface area contributed by atoms with Crippen LogP contribution in [0.1, 0.15) is 87.5 Å². The van der Waals surface area contributed by atoms with Crippen LogP contribution in [0.2, 0.25) is 19.6 Å². The Balaban J connectivity index is 1.92. The van der Waals surface area contributed by atoms with Gasteiger partial charge in [-0.3, -0.25) is 0 Å².